The zero-order chi connectivity index (χ0) is 24.7. The lowest BCUT2D eigenvalue weighted by Gasteiger charge is -2.11. The summed E-state index contributed by atoms with van der Waals surface area (Å²) in [5, 5.41) is 4.01. The lowest BCUT2D eigenvalue weighted by atomic mass is 10.0. The number of aromatic nitrogens is 2. The molecule has 0 aliphatic heterocycles. The molecule has 1 N–H and O–H groups in total. The van der Waals surface area contributed by atoms with Gasteiger partial charge in [0.1, 0.15) is 0 Å². The molecule has 0 bridgehead atoms. The Labute approximate surface area is 188 Å². The van der Waals surface area contributed by atoms with Crippen LogP contribution in [0.1, 0.15) is 36.4 Å². The first-order valence-corrected chi connectivity index (χ1v) is 11.5. The quantitative estimate of drug-likeness (QED) is 0.282. The molecule has 0 atom stereocenters. The second-order valence-electron chi connectivity index (χ2n) is 8.10. The molecule has 5 nitrogen and oxygen atoms in total. The molecule has 178 valence electrons. The van der Waals surface area contributed by atoms with Crippen molar-refractivity contribution in [3.63, 3.8) is 0 Å². The molecule has 1 heterocycles. The molecule has 3 rings (SSSR count). The van der Waals surface area contributed by atoms with E-state index in [-0.39, 0.29) is 22.0 Å². The molecule has 0 unspecified atom stereocenters. The Balaban J connectivity index is 1.92. The minimum atomic E-state index is -4.02. The summed E-state index contributed by atoms with van der Waals surface area (Å²) < 4.78 is 97.5. The Hall–Kier alpha value is -2.95. The Morgan fingerprint density at radius 3 is 1.94 bits per heavy atom. The number of nitrogens with one attached hydrogen (secondary N) is 1. The number of hydrogen-bond acceptors (Lipinski definition) is 3. The van der Waals surface area contributed by atoms with Crippen LogP contribution in [-0.2, 0) is 23.0 Å². The fraction of sp³-hybridized carbons (Fsp3) is 0.318. The van der Waals surface area contributed by atoms with Crippen LogP contribution in [0.3, 0.4) is 0 Å². The van der Waals surface area contributed by atoms with Crippen molar-refractivity contribution >= 4 is 15.7 Å². The predicted molar refractivity (Wildman–Crippen MR) is 113 cm³/mol. The third kappa shape index (κ3) is 4.87. The molecule has 0 aliphatic rings. The summed E-state index contributed by atoms with van der Waals surface area (Å²) in [6, 6.07) is 6.34. The molecule has 0 amide bonds. The third-order valence-corrected chi connectivity index (χ3v) is 6.47. The van der Waals surface area contributed by atoms with E-state index in [4.69, 9.17) is 0 Å². The van der Waals surface area contributed by atoms with Gasteiger partial charge in [-0.05, 0) is 43.9 Å². The van der Waals surface area contributed by atoms with Crippen molar-refractivity contribution in [1.82, 2.24) is 9.78 Å². The van der Waals surface area contributed by atoms with Crippen LogP contribution in [0.15, 0.2) is 29.2 Å². The minimum absolute atomic E-state index is 0.00122. The summed E-state index contributed by atoms with van der Waals surface area (Å²) in [6.07, 6.45) is 0.788. The molecule has 0 aliphatic carbocycles. The van der Waals surface area contributed by atoms with Gasteiger partial charge >= 0.3 is 0 Å². The largest absolute Gasteiger partial charge is 0.276 e. The van der Waals surface area contributed by atoms with Gasteiger partial charge in [-0.15, -0.1) is 0 Å². The van der Waals surface area contributed by atoms with Crippen molar-refractivity contribution < 1.29 is 30.4 Å². The second-order valence-corrected chi connectivity index (χ2v) is 9.78. The fourth-order valence-corrected chi connectivity index (χ4v) is 4.58. The summed E-state index contributed by atoms with van der Waals surface area (Å²) in [6.45, 7) is 6.16. The van der Waals surface area contributed by atoms with E-state index in [2.05, 4.69) is 9.82 Å². The van der Waals surface area contributed by atoms with Gasteiger partial charge in [-0.3, -0.25) is 9.40 Å². The summed E-state index contributed by atoms with van der Waals surface area (Å²) in [5.41, 5.74) is 0.247. The number of anilines is 1. The van der Waals surface area contributed by atoms with Gasteiger partial charge in [-0.25, -0.2) is 30.4 Å². The van der Waals surface area contributed by atoms with Crippen LogP contribution >= 0.6 is 0 Å². The van der Waals surface area contributed by atoms with Gasteiger partial charge in [0.2, 0.25) is 5.82 Å². The van der Waals surface area contributed by atoms with E-state index in [1.54, 1.807) is 12.1 Å². The number of hydrogen-bond donors (Lipinski definition) is 1. The van der Waals surface area contributed by atoms with Crippen molar-refractivity contribution in [3.8, 4) is 0 Å². The molecule has 0 spiro atoms. The molecule has 1 aromatic heterocycles. The molecule has 11 heteroatoms. The smallest absolute Gasteiger partial charge is 0.262 e. The number of benzene rings is 2. The molecule has 0 fully saturated rings. The molecule has 3 aromatic rings. The van der Waals surface area contributed by atoms with Crippen LogP contribution in [0.5, 0.6) is 0 Å². The first kappa shape index (κ1) is 24.7. The van der Waals surface area contributed by atoms with E-state index in [0.29, 0.717) is 5.92 Å². The monoisotopic (exact) mass is 487 g/mol. The van der Waals surface area contributed by atoms with Gasteiger partial charge in [0, 0.05) is 0 Å². The first-order valence-electron chi connectivity index (χ1n) is 9.99. The molecule has 0 saturated heterocycles. The zero-order valence-corrected chi connectivity index (χ0v) is 19.1. The summed E-state index contributed by atoms with van der Waals surface area (Å²) in [7, 11) is -4.02. The van der Waals surface area contributed by atoms with Gasteiger partial charge in [-0.1, -0.05) is 26.0 Å². The van der Waals surface area contributed by atoms with Crippen LogP contribution < -0.4 is 4.72 Å². The van der Waals surface area contributed by atoms with E-state index in [1.807, 2.05) is 13.8 Å². The Morgan fingerprint density at radius 2 is 1.42 bits per heavy atom. The van der Waals surface area contributed by atoms with E-state index >= 15 is 0 Å². The average Bonchev–Trinajstić information content (AvgIpc) is 3.01. The second kappa shape index (κ2) is 9.12. The summed E-state index contributed by atoms with van der Waals surface area (Å²) >= 11 is 0. The Morgan fingerprint density at radius 1 is 0.909 bits per heavy atom. The number of halogens is 5. The van der Waals surface area contributed by atoms with E-state index in [9.17, 15) is 30.4 Å². The molecular weight excluding hydrogens is 465 g/mol. The van der Waals surface area contributed by atoms with Crippen LogP contribution in [0, 0.1) is 48.9 Å². The average molecular weight is 487 g/mol. The highest BCUT2D eigenvalue weighted by molar-refractivity contribution is 7.92. The predicted octanol–water partition coefficient (Wildman–Crippen LogP) is 5.24. The fourth-order valence-electron chi connectivity index (χ4n) is 3.41. The van der Waals surface area contributed by atoms with Gasteiger partial charge in [0.25, 0.3) is 10.0 Å². The van der Waals surface area contributed by atoms with Crippen LogP contribution in [0.25, 0.3) is 0 Å². The number of nitrogens with zero attached hydrogens (tertiary/aromatic N) is 2. The van der Waals surface area contributed by atoms with Crippen LogP contribution in [0.4, 0.5) is 27.6 Å². The van der Waals surface area contributed by atoms with Gasteiger partial charge in [0.05, 0.1) is 34.1 Å². The maximum absolute atomic E-state index is 14.1. The topological polar surface area (TPSA) is 64.0 Å². The number of rotatable bonds is 7. The van der Waals surface area contributed by atoms with Crippen molar-refractivity contribution in [2.75, 3.05) is 4.72 Å². The maximum Gasteiger partial charge on any atom is 0.262 e. The Bertz CT molecular complexity index is 1270. The lowest BCUT2D eigenvalue weighted by Crippen LogP contribution is -2.15. The summed E-state index contributed by atoms with van der Waals surface area (Å²) in [5.74, 6) is -9.92. The van der Waals surface area contributed by atoms with Crippen LogP contribution in [0.2, 0.25) is 0 Å². The molecule has 2 aromatic carbocycles. The highest BCUT2D eigenvalue weighted by Gasteiger charge is 2.27. The molecule has 0 radical (unpaired) electrons. The zero-order valence-electron chi connectivity index (χ0n) is 18.3. The van der Waals surface area contributed by atoms with Gasteiger partial charge in [-0.2, -0.15) is 5.10 Å². The van der Waals surface area contributed by atoms with E-state index in [1.165, 1.54) is 26.0 Å². The van der Waals surface area contributed by atoms with Crippen molar-refractivity contribution in [2.45, 2.75) is 45.6 Å². The van der Waals surface area contributed by atoms with Crippen molar-refractivity contribution in [1.29, 1.82) is 0 Å². The molecule has 0 saturated carbocycles. The molecular formula is C22H22F5N3O2S. The van der Waals surface area contributed by atoms with Crippen molar-refractivity contribution in [3.05, 3.63) is 75.9 Å². The standard InChI is InChI=1S/C22H22F5N3O2S/c1-11(2)9-14-5-7-15(8-6-14)33(31,32)29-22-12(3)28-30(13(22)4)10-16-17(23)19(25)21(27)20(26)18(16)24/h5-8,11,29H,9-10H2,1-4H3. The van der Waals surface area contributed by atoms with Crippen molar-refractivity contribution in [2.24, 2.45) is 5.92 Å². The SMILES string of the molecule is Cc1nn(Cc2c(F)c(F)c(F)c(F)c2F)c(C)c1NS(=O)(=O)c1ccc(CC(C)C)cc1. The maximum atomic E-state index is 14.1. The highest BCUT2D eigenvalue weighted by atomic mass is 32.2. The number of sulfonamides is 1. The first-order chi connectivity index (χ1) is 15.3. The number of aryl methyl sites for hydroxylation is 1. The van der Waals surface area contributed by atoms with Gasteiger partial charge < -0.3 is 0 Å². The Kier molecular flexibility index (Phi) is 6.83. The van der Waals surface area contributed by atoms with E-state index < -0.39 is 51.2 Å². The highest BCUT2D eigenvalue weighted by Crippen LogP contribution is 2.27. The minimum Gasteiger partial charge on any atom is -0.276 e. The lowest BCUT2D eigenvalue weighted by molar-refractivity contribution is 0.366. The van der Waals surface area contributed by atoms with Crippen LogP contribution in [-0.4, -0.2) is 18.2 Å². The van der Waals surface area contributed by atoms with Gasteiger partial charge in [0.15, 0.2) is 23.3 Å². The third-order valence-electron chi connectivity index (χ3n) is 5.10. The van der Waals surface area contributed by atoms with E-state index in [0.717, 1.165) is 16.7 Å². The summed E-state index contributed by atoms with van der Waals surface area (Å²) in [4.78, 5) is 0.00122. The molecule has 33 heavy (non-hydrogen) atoms. The normalized spacial score (nSPS) is 11.9.